The van der Waals surface area contributed by atoms with E-state index in [1.165, 1.54) is 22.5 Å². The van der Waals surface area contributed by atoms with Gasteiger partial charge in [0.25, 0.3) is 0 Å². The van der Waals surface area contributed by atoms with Gasteiger partial charge < -0.3 is 17.9 Å². The Hall–Kier alpha value is -8.39. The van der Waals surface area contributed by atoms with Crippen LogP contribution in [0.3, 0.4) is 0 Å². The molecule has 0 bridgehead atoms. The van der Waals surface area contributed by atoms with Gasteiger partial charge in [-0.3, -0.25) is 25.1 Å². The lowest BCUT2D eigenvalue weighted by atomic mass is 9.84. The fraction of sp³-hybridized carbons (Fsp3) is 0.488. The fourth-order valence-electron chi connectivity index (χ4n) is 8.36. The number of H-pyrrole nitrogens is 1. The molecule has 5 aromatic rings. The first-order valence-corrected chi connectivity index (χ1v) is 33.8. The Morgan fingerprint density at radius 3 is 1.27 bits per heavy atom. The van der Waals surface area contributed by atoms with Crippen molar-refractivity contribution in [3.63, 3.8) is 0 Å². The van der Waals surface area contributed by atoms with Gasteiger partial charge in [-0.25, -0.2) is 9.97 Å². The third-order valence-electron chi connectivity index (χ3n) is 14.8. The van der Waals surface area contributed by atoms with Crippen molar-refractivity contribution >= 4 is 47.2 Å². The van der Waals surface area contributed by atoms with Crippen LogP contribution < -0.4 is 0 Å². The van der Waals surface area contributed by atoms with E-state index in [0.29, 0.717) is 11.8 Å². The molecule has 14 nitrogen and oxygen atoms in total. The van der Waals surface area contributed by atoms with Gasteiger partial charge in [-0.2, -0.15) is 5.10 Å². The number of aromatic nitrogens is 6. The minimum atomic E-state index is 0.0360. The average molecular weight is 1340 g/mol. The van der Waals surface area contributed by atoms with Gasteiger partial charge in [0.1, 0.15) is 35.4 Å². The zero-order chi connectivity index (χ0) is 75.6. The second-order valence-electron chi connectivity index (χ2n) is 33.2. The highest BCUT2D eigenvalue weighted by Gasteiger charge is 2.26. The van der Waals surface area contributed by atoms with Gasteiger partial charge in [-0.15, -0.1) is 0 Å². The summed E-state index contributed by atoms with van der Waals surface area (Å²) in [6.07, 6.45) is 29.6. The number of oxazole rings is 2. The van der Waals surface area contributed by atoms with Crippen LogP contribution in [0.2, 0.25) is 0 Å². The molecule has 9 rings (SSSR count). The van der Waals surface area contributed by atoms with Gasteiger partial charge in [0.05, 0.1) is 42.1 Å². The van der Waals surface area contributed by atoms with Crippen molar-refractivity contribution in [3.8, 4) is 0 Å². The molecule has 536 valence electrons. The molecule has 0 aliphatic carbocycles. The Bertz CT molecular complexity index is 3490. The molecule has 4 aliphatic rings. The van der Waals surface area contributed by atoms with E-state index in [1.54, 1.807) is 49.1 Å². The molecule has 0 spiro atoms. The fourth-order valence-corrected chi connectivity index (χ4v) is 8.36. The molecule has 0 saturated heterocycles. The molecule has 98 heavy (non-hydrogen) atoms. The summed E-state index contributed by atoms with van der Waals surface area (Å²) < 4.78 is 20.4. The van der Waals surface area contributed by atoms with Crippen molar-refractivity contribution in [2.75, 3.05) is 13.1 Å². The van der Waals surface area contributed by atoms with E-state index in [4.69, 9.17) is 17.9 Å². The van der Waals surface area contributed by atoms with E-state index in [0.717, 1.165) is 94.3 Å². The summed E-state index contributed by atoms with van der Waals surface area (Å²) >= 11 is 0. The third kappa shape index (κ3) is 31.4. The highest BCUT2D eigenvalue weighted by Crippen LogP contribution is 2.33. The van der Waals surface area contributed by atoms with Crippen LogP contribution in [-0.2, 0) is 27.1 Å². The first-order valence-electron chi connectivity index (χ1n) is 33.8. The minimum Gasteiger partial charge on any atom is -0.445 e. The zero-order valence-electron chi connectivity index (χ0n) is 66.0. The molecule has 0 aromatic carbocycles. The van der Waals surface area contributed by atoms with Crippen molar-refractivity contribution in [1.82, 2.24) is 30.5 Å². The highest BCUT2D eigenvalue weighted by molar-refractivity contribution is 6.10. The molecule has 0 radical (unpaired) electrons. The third-order valence-corrected chi connectivity index (χ3v) is 14.8. The summed E-state index contributed by atoms with van der Waals surface area (Å²) in [5, 5.41) is 14.7. The van der Waals surface area contributed by atoms with E-state index in [9.17, 15) is 0 Å². The summed E-state index contributed by atoms with van der Waals surface area (Å²) in [5.74, 6) is 2.98. The normalized spacial score (nSPS) is 14.4. The average Bonchev–Trinajstić information content (AvgIpc) is 1.68. The number of aliphatic imine (C=N–C) groups is 4. The van der Waals surface area contributed by atoms with E-state index in [1.807, 2.05) is 31.2 Å². The molecule has 0 amide bonds. The van der Waals surface area contributed by atoms with E-state index < -0.39 is 0 Å². The molecule has 1 N–H and O–H groups in total. The molecule has 0 atom stereocenters. The second-order valence-corrected chi connectivity index (χ2v) is 33.2. The predicted molar refractivity (Wildman–Crippen MR) is 423 cm³/mol. The second kappa shape index (κ2) is 37.5. The van der Waals surface area contributed by atoms with Crippen LogP contribution in [0.15, 0.2) is 192 Å². The maximum absolute atomic E-state index is 5.37. The van der Waals surface area contributed by atoms with Crippen LogP contribution in [0.5, 0.6) is 0 Å². The molecule has 14 heteroatoms. The summed E-state index contributed by atoms with van der Waals surface area (Å²) in [6, 6.07) is 3.99. The Morgan fingerprint density at radius 1 is 0.480 bits per heavy atom. The Balaban J connectivity index is 0.000000551. The molecule has 9 heterocycles. The van der Waals surface area contributed by atoms with Crippen LogP contribution in [0.25, 0.3) is 24.3 Å². The van der Waals surface area contributed by atoms with Gasteiger partial charge in [0.15, 0.2) is 0 Å². The van der Waals surface area contributed by atoms with Crippen LogP contribution in [-0.4, -0.2) is 66.4 Å². The lowest BCUT2D eigenvalue weighted by molar-refractivity contribution is 0.328. The van der Waals surface area contributed by atoms with Crippen LogP contribution >= 0.6 is 0 Å². The van der Waals surface area contributed by atoms with E-state index in [-0.39, 0.29) is 48.7 Å². The number of nitrogens with one attached hydrogen (secondary N) is 1. The van der Waals surface area contributed by atoms with E-state index >= 15 is 0 Å². The van der Waals surface area contributed by atoms with Gasteiger partial charge in [0.2, 0.25) is 11.8 Å². The largest absolute Gasteiger partial charge is 0.445 e. The van der Waals surface area contributed by atoms with E-state index in [2.05, 4.69) is 320 Å². The molecule has 0 fully saturated rings. The maximum Gasteiger partial charge on any atom is 0.218 e. The highest BCUT2D eigenvalue weighted by atomic mass is 16.5. The zero-order valence-corrected chi connectivity index (χ0v) is 66.0. The molecule has 0 unspecified atom stereocenters. The monoisotopic (exact) mass is 1340 g/mol. The number of aromatic amines is 1. The number of nitrogens with zero attached hydrogens (tertiary/aromatic N) is 9. The molecule has 5 aromatic heterocycles. The molecular weight excluding hydrogens is 1210 g/mol. The van der Waals surface area contributed by atoms with Crippen molar-refractivity contribution in [2.45, 2.75) is 234 Å². The Morgan fingerprint density at radius 2 is 1.01 bits per heavy atom. The Kier molecular flexibility index (Phi) is 33.6. The number of allylic oxidation sites excluding steroid dienone is 10. The van der Waals surface area contributed by atoms with Crippen LogP contribution in [0.1, 0.15) is 257 Å². The summed E-state index contributed by atoms with van der Waals surface area (Å²) in [4.78, 5) is 25.7. The quantitative estimate of drug-likeness (QED) is 0.158. The lowest BCUT2D eigenvalue weighted by Crippen LogP contribution is -2.14. The number of hydrogen-bond donors (Lipinski definition) is 1. The van der Waals surface area contributed by atoms with Gasteiger partial charge in [0, 0.05) is 85.5 Å². The predicted octanol–water partition coefficient (Wildman–Crippen LogP) is 23.6. The summed E-state index contributed by atoms with van der Waals surface area (Å²) in [5.41, 5.74) is 16.6. The number of aryl methyl sites for hydroxylation is 1. The summed E-state index contributed by atoms with van der Waals surface area (Å²) in [6.45, 7) is 90.8. The number of rotatable bonds is 8. The van der Waals surface area contributed by atoms with Crippen molar-refractivity contribution < 1.29 is 17.9 Å². The first kappa shape index (κ1) is 87.6. The minimum absolute atomic E-state index is 0.0360. The van der Waals surface area contributed by atoms with Crippen molar-refractivity contribution in [2.24, 2.45) is 41.6 Å². The van der Waals surface area contributed by atoms with Gasteiger partial charge in [-0.1, -0.05) is 268 Å². The Labute approximate surface area is 593 Å². The first-order chi connectivity index (χ1) is 44.8. The molecule has 0 saturated carbocycles. The van der Waals surface area contributed by atoms with Gasteiger partial charge >= 0.3 is 0 Å². The van der Waals surface area contributed by atoms with Gasteiger partial charge in [-0.05, 0) is 95.1 Å². The molecular formula is C84H126N10O4. The maximum atomic E-state index is 5.37. The van der Waals surface area contributed by atoms with Crippen molar-refractivity contribution in [3.05, 3.63) is 212 Å². The lowest BCUT2D eigenvalue weighted by Gasteiger charge is -2.20. The SMILES string of the molecule is C=CC1=NC(C(C)(C)C)=CC1.C=CC1=NC(C(C)(C)C)=CC1.C=CC1=NCC(C(C)(C)C)=C1.C=CC1=NCC=C1C(C)(C)C.C=Cc1cc(C(C)(C)C)on1.C=Cc1nc(C(C)(C)C)co1.C=Cc1ncc(C(C)(C)C)o1.C=Cc1nocc1C(C)(C)C.Cc1cc(C(C)(C)C)n[nH]1. The van der Waals surface area contributed by atoms with Crippen LogP contribution in [0, 0.1) is 28.6 Å². The smallest absolute Gasteiger partial charge is 0.218 e. The standard InChI is InChI=1S/4C10H15N.4C9H13NO.C8H14N2/c1-5-9-6-8(7-11-9)10(2,3)4;1-5-9-8(6-7-11-9)10(2,3)4;2*1-5-8-6-7-9(11-8)10(2,3)4;1-5-8-10-7(6-11-8)9(2,3)4;1-5-8-10-6-7(11-8)9(2,3)4;1-5-8-7(6-11-10-8)9(2,3)4;1-5-7-6-8(11-10-7)9(2,3)4;1-6-5-7(10-9-6)8(2,3)4/h2*5-6H,1,7H2,2-4H3;2*5,7H,1,6H2,2-4H3;4*5-6H,1H2,2-4H3;5H,1-4H3,(H,9,10). The number of hydrogen-bond acceptors (Lipinski definition) is 13. The summed E-state index contributed by atoms with van der Waals surface area (Å²) in [7, 11) is 0. The van der Waals surface area contributed by atoms with Crippen molar-refractivity contribution in [1.29, 1.82) is 0 Å². The van der Waals surface area contributed by atoms with Crippen LogP contribution in [0.4, 0.5) is 0 Å². The topological polar surface area (TPSA) is 182 Å². The molecule has 4 aliphatic heterocycles.